The van der Waals surface area contributed by atoms with Gasteiger partial charge in [0, 0.05) is 31.4 Å². The summed E-state index contributed by atoms with van der Waals surface area (Å²) in [6.45, 7) is 11.2. The Balaban J connectivity index is 1.93. The van der Waals surface area contributed by atoms with E-state index in [0.29, 0.717) is 11.6 Å². The minimum atomic E-state index is -0.279. The summed E-state index contributed by atoms with van der Waals surface area (Å²) < 4.78 is 4.74. The van der Waals surface area contributed by atoms with Gasteiger partial charge < -0.3 is 9.64 Å². The van der Waals surface area contributed by atoms with Gasteiger partial charge in [0.2, 0.25) is 0 Å². The fourth-order valence-corrected chi connectivity index (χ4v) is 2.91. The van der Waals surface area contributed by atoms with Crippen LogP contribution in [0.1, 0.15) is 37.6 Å². The Labute approximate surface area is 134 Å². The molecule has 2 rings (SSSR count). The van der Waals surface area contributed by atoms with E-state index < -0.39 is 0 Å². The Kier molecular flexibility index (Phi) is 5.83. The van der Waals surface area contributed by atoms with Crippen LogP contribution in [-0.4, -0.2) is 50.2 Å². The van der Waals surface area contributed by atoms with E-state index in [-0.39, 0.29) is 5.97 Å². The van der Waals surface area contributed by atoms with Gasteiger partial charge in [-0.2, -0.15) is 0 Å². The summed E-state index contributed by atoms with van der Waals surface area (Å²) in [6, 6.07) is 8.28. The molecule has 0 aliphatic carbocycles. The van der Waals surface area contributed by atoms with E-state index in [1.165, 1.54) is 25.8 Å². The molecular formula is C18H28N2O2. The van der Waals surface area contributed by atoms with Crippen LogP contribution < -0.4 is 4.90 Å². The first-order valence-corrected chi connectivity index (χ1v) is 8.18. The van der Waals surface area contributed by atoms with E-state index >= 15 is 0 Å². The predicted molar refractivity (Wildman–Crippen MR) is 90.5 cm³/mol. The second-order valence-corrected chi connectivity index (χ2v) is 6.55. The fourth-order valence-electron chi connectivity index (χ4n) is 2.91. The lowest BCUT2D eigenvalue weighted by molar-refractivity contribution is 0.0600. The quantitative estimate of drug-likeness (QED) is 0.783. The Hall–Kier alpha value is -1.55. The van der Waals surface area contributed by atoms with E-state index in [9.17, 15) is 4.79 Å². The fraction of sp³-hybridized carbons (Fsp3) is 0.611. The normalized spacial score (nSPS) is 19.5. The number of carbonyl (C=O) groups is 1. The highest BCUT2D eigenvalue weighted by molar-refractivity contribution is 5.89. The van der Waals surface area contributed by atoms with Crippen molar-refractivity contribution in [1.29, 1.82) is 0 Å². The van der Waals surface area contributed by atoms with Crippen molar-refractivity contribution in [1.82, 2.24) is 4.90 Å². The molecule has 0 bridgehead atoms. The summed E-state index contributed by atoms with van der Waals surface area (Å²) in [5, 5.41) is 0. The smallest absolute Gasteiger partial charge is 0.337 e. The molecule has 122 valence electrons. The van der Waals surface area contributed by atoms with E-state index in [1.807, 2.05) is 24.3 Å². The molecule has 0 radical (unpaired) electrons. The zero-order valence-corrected chi connectivity index (χ0v) is 14.2. The Bertz CT molecular complexity index is 484. The molecule has 22 heavy (non-hydrogen) atoms. The van der Waals surface area contributed by atoms with E-state index in [2.05, 4.69) is 30.6 Å². The first-order valence-electron chi connectivity index (χ1n) is 8.18. The molecule has 1 saturated heterocycles. The number of carbonyl (C=O) groups excluding carboxylic acids is 1. The van der Waals surface area contributed by atoms with Gasteiger partial charge >= 0.3 is 5.97 Å². The van der Waals surface area contributed by atoms with E-state index in [0.717, 1.165) is 25.6 Å². The molecule has 1 heterocycles. The number of rotatable bonds is 5. The van der Waals surface area contributed by atoms with Crippen LogP contribution in [0.4, 0.5) is 5.69 Å². The van der Waals surface area contributed by atoms with Gasteiger partial charge in [-0.3, -0.25) is 4.90 Å². The number of hydrogen-bond donors (Lipinski definition) is 0. The largest absolute Gasteiger partial charge is 0.465 e. The molecule has 1 aliphatic rings. The Morgan fingerprint density at radius 2 is 1.95 bits per heavy atom. The van der Waals surface area contributed by atoms with Gasteiger partial charge in [-0.05, 0) is 50.1 Å². The van der Waals surface area contributed by atoms with Gasteiger partial charge in [0.15, 0.2) is 0 Å². The second-order valence-electron chi connectivity index (χ2n) is 6.55. The molecule has 0 saturated carbocycles. The monoisotopic (exact) mass is 304 g/mol. The van der Waals surface area contributed by atoms with Gasteiger partial charge in [-0.1, -0.05) is 13.8 Å². The maximum Gasteiger partial charge on any atom is 0.337 e. The molecule has 4 nitrogen and oxygen atoms in total. The zero-order valence-electron chi connectivity index (χ0n) is 14.2. The molecule has 0 amide bonds. The van der Waals surface area contributed by atoms with Crippen molar-refractivity contribution < 1.29 is 9.53 Å². The molecule has 1 fully saturated rings. The van der Waals surface area contributed by atoms with Crippen LogP contribution in [0.3, 0.4) is 0 Å². The molecule has 1 unspecified atom stereocenters. The summed E-state index contributed by atoms with van der Waals surface area (Å²) in [5.74, 6) is 0.481. The Morgan fingerprint density at radius 1 is 1.27 bits per heavy atom. The SMILES string of the molecule is COC(=O)c1ccc(N2CCN(CCC(C)C)C(C)C2)cc1. The van der Waals surface area contributed by atoms with Crippen LogP contribution in [0, 0.1) is 5.92 Å². The number of methoxy groups -OCH3 is 1. The summed E-state index contributed by atoms with van der Waals surface area (Å²) in [4.78, 5) is 16.5. The lowest BCUT2D eigenvalue weighted by atomic mass is 10.1. The van der Waals surface area contributed by atoms with Crippen molar-refractivity contribution in [3.63, 3.8) is 0 Å². The third-order valence-electron chi connectivity index (χ3n) is 4.41. The maximum atomic E-state index is 11.5. The Morgan fingerprint density at radius 3 is 2.50 bits per heavy atom. The first kappa shape index (κ1) is 16.8. The van der Waals surface area contributed by atoms with Gasteiger partial charge in [0.05, 0.1) is 12.7 Å². The molecule has 1 aliphatic heterocycles. The number of ether oxygens (including phenoxy) is 1. The molecule has 4 heteroatoms. The minimum absolute atomic E-state index is 0.279. The third-order valence-corrected chi connectivity index (χ3v) is 4.41. The molecule has 0 spiro atoms. The van der Waals surface area contributed by atoms with Crippen LogP contribution in [0.25, 0.3) is 0 Å². The van der Waals surface area contributed by atoms with Crippen molar-refractivity contribution in [2.75, 3.05) is 38.2 Å². The van der Waals surface area contributed by atoms with E-state index in [4.69, 9.17) is 4.74 Å². The maximum absolute atomic E-state index is 11.5. The van der Waals surface area contributed by atoms with Crippen molar-refractivity contribution >= 4 is 11.7 Å². The predicted octanol–water partition coefficient (Wildman–Crippen LogP) is 3.03. The van der Waals surface area contributed by atoms with Gasteiger partial charge in [0.25, 0.3) is 0 Å². The van der Waals surface area contributed by atoms with Crippen LogP contribution in [0.5, 0.6) is 0 Å². The van der Waals surface area contributed by atoms with E-state index in [1.54, 1.807) is 0 Å². The van der Waals surface area contributed by atoms with Gasteiger partial charge in [-0.25, -0.2) is 4.79 Å². The number of piperazine rings is 1. The van der Waals surface area contributed by atoms with Crippen LogP contribution in [0.15, 0.2) is 24.3 Å². The van der Waals surface area contributed by atoms with Crippen LogP contribution >= 0.6 is 0 Å². The molecular weight excluding hydrogens is 276 g/mol. The highest BCUT2D eigenvalue weighted by atomic mass is 16.5. The number of hydrogen-bond acceptors (Lipinski definition) is 4. The first-order chi connectivity index (χ1) is 10.5. The van der Waals surface area contributed by atoms with Crippen LogP contribution in [-0.2, 0) is 4.74 Å². The molecule has 1 aromatic rings. The lowest BCUT2D eigenvalue weighted by Gasteiger charge is -2.41. The zero-order chi connectivity index (χ0) is 16.1. The number of nitrogens with zero attached hydrogens (tertiary/aromatic N) is 2. The van der Waals surface area contributed by atoms with Crippen molar-refractivity contribution in [3.05, 3.63) is 29.8 Å². The van der Waals surface area contributed by atoms with Gasteiger partial charge in [0.1, 0.15) is 0 Å². The molecule has 0 N–H and O–H groups in total. The number of benzene rings is 1. The minimum Gasteiger partial charge on any atom is -0.465 e. The summed E-state index contributed by atoms with van der Waals surface area (Å²) in [5.41, 5.74) is 1.79. The standard InChI is InChI=1S/C18H28N2O2/c1-14(2)9-10-19-11-12-20(13-15(19)3)17-7-5-16(6-8-17)18(21)22-4/h5-8,14-15H,9-13H2,1-4H3. The van der Waals surface area contributed by atoms with Crippen molar-refractivity contribution in [2.24, 2.45) is 5.92 Å². The van der Waals surface area contributed by atoms with Crippen LogP contribution in [0.2, 0.25) is 0 Å². The van der Waals surface area contributed by atoms with Gasteiger partial charge in [-0.15, -0.1) is 0 Å². The molecule has 1 aromatic carbocycles. The number of anilines is 1. The van der Waals surface area contributed by atoms with Crippen molar-refractivity contribution in [2.45, 2.75) is 33.2 Å². The highest BCUT2D eigenvalue weighted by Crippen LogP contribution is 2.20. The highest BCUT2D eigenvalue weighted by Gasteiger charge is 2.23. The summed E-state index contributed by atoms with van der Waals surface area (Å²) in [7, 11) is 1.41. The second kappa shape index (κ2) is 7.63. The average Bonchev–Trinajstić information content (AvgIpc) is 2.53. The van der Waals surface area contributed by atoms with Crippen molar-refractivity contribution in [3.8, 4) is 0 Å². The average molecular weight is 304 g/mol. The topological polar surface area (TPSA) is 32.8 Å². The molecule has 1 atom stereocenters. The third kappa shape index (κ3) is 4.23. The summed E-state index contributed by atoms with van der Waals surface area (Å²) in [6.07, 6.45) is 1.26. The number of esters is 1. The molecule has 0 aromatic heterocycles. The summed E-state index contributed by atoms with van der Waals surface area (Å²) >= 11 is 0. The lowest BCUT2D eigenvalue weighted by Crippen LogP contribution is -2.52.